The summed E-state index contributed by atoms with van der Waals surface area (Å²) < 4.78 is 0. The second kappa shape index (κ2) is 15.9. The Balaban J connectivity index is 1.16. The lowest BCUT2D eigenvalue weighted by Gasteiger charge is -2.28. The minimum atomic E-state index is -0.812. The van der Waals surface area contributed by atoms with Gasteiger partial charge in [0.15, 0.2) is 0 Å². The molecule has 7 N–H and O–H groups in total. The van der Waals surface area contributed by atoms with Gasteiger partial charge in [-0.25, -0.2) is 0 Å². The normalized spacial score (nSPS) is 19.6. The number of carbonyl (C=O) groups is 4. The highest BCUT2D eigenvalue weighted by Gasteiger charge is 2.29. The van der Waals surface area contributed by atoms with Crippen molar-refractivity contribution in [2.24, 2.45) is 17.6 Å². The molecule has 2 aliphatic rings. The van der Waals surface area contributed by atoms with Gasteiger partial charge < -0.3 is 27.0 Å². The Morgan fingerprint density at radius 2 is 1.68 bits per heavy atom. The molecule has 0 radical (unpaired) electrons. The molecular formula is C37H43N9O4. The van der Waals surface area contributed by atoms with Gasteiger partial charge in [0.05, 0.1) is 0 Å². The number of hydrogen-bond donors (Lipinski definition) is 6. The molecule has 13 heteroatoms. The Morgan fingerprint density at radius 3 is 2.36 bits per heavy atom. The average molecular weight is 678 g/mol. The summed E-state index contributed by atoms with van der Waals surface area (Å²) in [6.45, 7) is 3.16. The fraction of sp³-hybridized carbons (Fsp3) is 0.378. The van der Waals surface area contributed by atoms with Crippen LogP contribution in [0.25, 0.3) is 22.5 Å². The van der Waals surface area contributed by atoms with E-state index in [1.165, 1.54) is 0 Å². The molecule has 50 heavy (non-hydrogen) atoms. The van der Waals surface area contributed by atoms with Gasteiger partial charge in [0.1, 0.15) is 6.04 Å². The number of amides is 4. The minimum Gasteiger partial charge on any atom is -0.356 e. The molecule has 2 atom stereocenters. The molecule has 13 nitrogen and oxygen atoms in total. The van der Waals surface area contributed by atoms with Crippen molar-refractivity contribution < 1.29 is 19.2 Å². The number of anilines is 1. The Bertz CT molecular complexity index is 1800. The maximum absolute atomic E-state index is 13.7. The molecule has 1 aliphatic heterocycles. The summed E-state index contributed by atoms with van der Waals surface area (Å²) in [7, 11) is 0. The lowest BCUT2D eigenvalue weighted by Crippen LogP contribution is -2.48. The van der Waals surface area contributed by atoms with Crippen molar-refractivity contribution in [1.82, 2.24) is 36.6 Å². The predicted octanol–water partition coefficient (Wildman–Crippen LogP) is 3.28. The van der Waals surface area contributed by atoms with Crippen LogP contribution in [0.15, 0.2) is 66.7 Å². The number of carbonyl (C=O) groups excluding carboxylic acids is 4. The van der Waals surface area contributed by atoms with Crippen molar-refractivity contribution >= 4 is 29.3 Å². The number of nitrogens with zero attached hydrogens (tertiary/aromatic N) is 3. The maximum Gasteiger partial charge on any atom is 0.251 e. The summed E-state index contributed by atoms with van der Waals surface area (Å²) in [6.07, 6.45) is 4.56. The van der Waals surface area contributed by atoms with E-state index in [1.54, 1.807) is 30.3 Å². The lowest BCUT2D eigenvalue weighted by molar-refractivity contribution is -0.130. The summed E-state index contributed by atoms with van der Waals surface area (Å²) in [5, 5.41) is 25.8. The first kappa shape index (κ1) is 34.4. The highest BCUT2D eigenvalue weighted by Crippen LogP contribution is 2.29. The molecule has 6 rings (SSSR count). The highest BCUT2D eigenvalue weighted by molar-refractivity contribution is 5.98. The summed E-state index contributed by atoms with van der Waals surface area (Å²) in [5.74, 6) is 0.00259. The average Bonchev–Trinajstić information content (AvgIpc) is 3.68. The predicted molar refractivity (Wildman–Crippen MR) is 188 cm³/mol. The zero-order valence-corrected chi connectivity index (χ0v) is 28.1. The van der Waals surface area contributed by atoms with E-state index in [4.69, 9.17) is 5.73 Å². The number of rotatable bonds is 11. The van der Waals surface area contributed by atoms with E-state index in [0.717, 1.165) is 53.5 Å². The number of benzene rings is 3. The summed E-state index contributed by atoms with van der Waals surface area (Å²) >= 11 is 0. The number of piperidine rings is 1. The van der Waals surface area contributed by atoms with E-state index >= 15 is 0 Å². The molecule has 1 aromatic heterocycles. The fourth-order valence-electron chi connectivity index (χ4n) is 6.68. The SMILES string of the molecule is Cc1ccc(C(=O)NC2CCNC(=O)C2)cc1-c1ccc(CC(NC(=O)C2CCC(CN)CC2)C(=O)Nc2ccc(-c3nn[nH]n3)cc2)cc1. The van der Waals surface area contributed by atoms with Gasteiger partial charge in [-0.3, -0.25) is 19.2 Å². The second-order valence-corrected chi connectivity index (χ2v) is 13.3. The van der Waals surface area contributed by atoms with E-state index in [-0.39, 0.29) is 48.4 Å². The first-order valence-corrected chi connectivity index (χ1v) is 17.2. The van der Waals surface area contributed by atoms with Gasteiger partial charge in [0.25, 0.3) is 5.91 Å². The van der Waals surface area contributed by atoms with Crippen LogP contribution in [0.5, 0.6) is 0 Å². The van der Waals surface area contributed by atoms with E-state index in [9.17, 15) is 19.2 Å². The topological polar surface area (TPSA) is 197 Å². The number of aromatic nitrogens is 4. The van der Waals surface area contributed by atoms with Gasteiger partial charge in [-0.1, -0.05) is 30.3 Å². The zero-order chi connectivity index (χ0) is 35.0. The van der Waals surface area contributed by atoms with Crippen LogP contribution < -0.4 is 27.0 Å². The van der Waals surface area contributed by atoms with Crippen LogP contribution in [0.4, 0.5) is 5.69 Å². The Hall–Kier alpha value is -5.43. The fourth-order valence-corrected chi connectivity index (χ4v) is 6.68. The van der Waals surface area contributed by atoms with Gasteiger partial charge in [0, 0.05) is 48.2 Å². The molecule has 1 saturated heterocycles. The van der Waals surface area contributed by atoms with E-state index in [0.29, 0.717) is 42.5 Å². The third kappa shape index (κ3) is 8.58. The smallest absolute Gasteiger partial charge is 0.251 e. The number of nitrogens with one attached hydrogen (secondary N) is 5. The van der Waals surface area contributed by atoms with Gasteiger partial charge >= 0.3 is 0 Å². The number of aryl methyl sites for hydroxylation is 1. The number of hydrogen-bond acceptors (Lipinski definition) is 8. The van der Waals surface area contributed by atoms with E-state index in [1.807, 2.05) is 43.3 Å². The van der Waals surface area contributed by atoms with Gasteiger partial charge in [-0.2, -0.15) is 5.21 Å². The van der Waals surface area contributed by atoms with Crippen LogP contribution in [-0.4, -0.2) is 69.4 Å². The van der Waals surface area contributed by atoms with E-state index < -0.39 is 6.04 Å². The van der Waals surface area contributed by atoms with Gasteiger partial charge in [-0.05, 0) is 115 Å². The monoisotopic (exact) mass is 677 g/mol. The minimum absolute atomic E-state index is 0.0595. The van der Waals surface area contributed by atoms with Crippen LogP contribution in [0, 0.1) is 18.8 Å². The molecule has 260 valence electrons. The number of tetrazole rings is 1. The lowest BCUT2D eigenvalue weighted by atomic mass is 9.81. The second-order valence-electron chi connectivity index (χ2n) is 13.3. The quantitative estimate of drug-likeness (QED) is 0.139. The Labute approximate surface area is 290 Å². The highest BCUT2D eigenvalue weighted by atomic mass is 16.2. The van der Waals surface area contributed by atoms with Crippen LogP contribution in [0.1, 0.15) is 60.0 Å². The van der Waals surface area contributed by atoms with Crippen molar-refractivity contribution in [2.75, 3.05) is 18.4 Å². The van der Waals surface area contributed by atoms with Crippen molar-refractivity contribution in [2.45, 2.75) is 64.0 Å². The Kier molecular flexibility index (Phi) is 10.9. The first-order valence-electron chi connectivity index (χ1n) is 17.2. The summed E-state index contributed by atoms with van der Waals surface area (Å²) in [5.41, 5.74) is 11.4. The van der Waals surface area contributed by atoms with Crippen LogP contribution in [-0.2, 0) is 20.8 Å². The maximum atomic E-state index is 13.7. The Morgan fingerprint density at radius 1 is 0.940 bits per heavy atom. The molecule has 2 fully saturated rings. The van der Waals surface area contributed by atoms with Crippen LogP contribution in [0.3, 0.4) is 0 Å². The molecule has 4 amide bonds. The number of H-pyrrole nitrogens is 1. The first-order chi connectivity index (χ1) is 24.2. The van der Waals surface area contributed by atoms with Gasteiger partial charge in [-0.15, -0.1) is 10.2 Å². The molecule has 2 unspecified atom stereocenters. The van der Waals surface area contributed by atoms with Crippen LogP contribution >= 0.6 is 0 Å². The summed E-state index contributed by atoms with van der Waals surface area (Å²) in [4.78, 5) is 52.0. The van der Waals surface area contributed by atoms with Gasteiger partial charge in [0.2, 0.25) is 23.5 Å². The molecule has 2 heterocycles. The van der Waals surface area contributed by atoms with Crippen molar-refractivity contribution in [1.29, 1.82) is 0 Å². The molecule has 1 saturated carbocycles. The summed E-state index contributed by atoms with van der Waals surface area (Å²) in [6, 6.07) is 19.5. The third-order valence-corrected chi connectivity index (χ3v) is 9.73. The van der Waals surface area contributed by atoms with E-state index in [2.05, 4.69) is 41.9 Å². The largest absolute Gasteiger partial charge is 0.356 e. The third-order valence-electron chi connectivity index (χ3n) is 9.73. The molecule has 3 aromatic carbocycles. The molecule has 4 aromatic rings. The molecule has 0 spiro atoms. The van der Waals surface area contributed by atoms with Crippen LogP contribution in [0.2, 0.25) is 0 Å². The van der Waals surface area contributed by atoms with Crippen molar-refractivity contribution in [3.63, 3.8) is 0 Å². The zero-order valence-electron chi connectivity index (χ0n) is 28.1. The molecular weight excluding hydrogens is 634 g/mol. The molecule has 1 aliphatic carbocycles. The number of aromatic amines is 1. The number of nitrogens with two attached hydrogens (primary N) is 1. The van der Waals surface area contributed by atoms with Crippen molar-refractivity contribution in [3.05, 3.63) is 83.4 Å². The molecule has 0 bridgehead atoms. The standard InChI is InChI=1S/C37H43N9O4/c1-22-2-7-28(36(49)41-30-16-17-39-33(47)20-30)19-31(22)25-8-3-23(4-9-25)18-32(42-35(48)27-10-5-24(21-38)6-11-27)37(50)40-29-14-12-26(13-15-29)34-43-45-46-44-34/h2-4,7-9,12-15,19,24,27,30,32H,5-6,10-11,16-18,20-21,38H2,1H3,(H,39,47)(H,40,50)(H,41,49)(H,42,48)(H,43,44,45,46). The van der Waals surface area contributed by atoms with Crippen molar-refractivity contribution in [3.8, 4) is 22.5 Å².